The van der Waals surface area contributed by atoms with E-state index in [0.29, 0.717) is 0 Å². The van der Waals surface area contributed by atoms with Crippen LogP contribution < -0.4 is 5.32 Å². The lowest BCUT2D eigenvalue weighted by Crippen LogP contribution is -2.49. The van der Waals surface area contributed by atoms with Gasteiger partial charge in [0, 0.05) is 6.54 Å². The Kier molecular flexibility index (Phi) is 12.3. The van der Waals surface area contributed by atoms with Crippen molar-refractivity contribution < 1.29 is 25.5 Å². The lowest BCUT2D eigenvalue weighted by Gasteiger charge is -2.25. The average Bonchev–Trinajstić information content (AvgIpc) is 2.47. The van der Waals surface area contributed by atoms with Gasteiger partial charge in [-0.15, -0.1) is 0 Å². The Bertz CT molecular complexity index is 218. The van der Waals surface area contributed by atoms with Crippen LogP contribution in [0, 0.1) is 0 Å². The molecule has 0 fully saturated rings. The molecule has 0 bridgehead atoms. The first-order valence-corrected chi connectivity index (χ1v) is 7.58. The molecule has 0 amide bonds. The monoisotopic (exact) mass is 293 g/mol. The van der Waals surface area contributed by atoms with Crippen molar-refractivity contribution in [1.82, 2.24) is 5.32 Å². The van der Waals surface area contributed by atoms with E-state index in [0.717, 1.165) is 19.4 Å². The number of aliphatic hydroxyl groups excluding tert-OH is 5. The second-order valence-electron chi connectivity index (χ2n) is 5.27. The number of rotatable bonds is 13. The molecule has 0 aromatic rings. The third kappa shape index (κ3) is 8.84. The summed E-state index contributed by atoms with van der Waals surface area (Å²) >= 11 is 0. The van der Waals surface area contributed by atoms with E-state index in [-0.39, 0.29) is 6.54 Å². The van der Waals surface area contributed by atoms with Gasteiger partial charge in [-0.2, -0.15) is 0 Å². The highest BCUT2D eigenvalue weighted by Crippen LogP contribution is 2.06. The summed E-state index contributed by atoms with van der Waals surface area (Å²) in [5.74, 6) is 0. The molecule has 20 heavy (non-hydrogen) atoms. The van der Waals surface area contributed by atoms with E-state index in [1.54, 1.807) is 0 Å². The summed E-state index contributed by atoms with van der Waals surface area (Å²) in [5, 5.41) is 49.5. The van der Waals surface area contributed by atoms with Crippen molar-refractivity contribution in [2.24, 2.45) is 0 Å². The van der Waals surface area contributed by atoms with Gasteiger partial charge < -0.3 is 30.8 Å². The number of unbranched alkanes of at least 4 members (excludes halogenated alkanes) is 5. The van der Waals surface area contributed by atoms with Crippen LogP contribution in [0.15, 0.2) is 0 Å². The Labute approximate surface area is 121 Å². The standard InChI is InChI=1S/C14H31NO5/c1-2-3-4-5-6-7-8-15-9-11(17)13(19)14(20)12(18)10-16/h11-20H,2-10H2,1H3/t11-,12+,13+,14?/m0/s1. The lowest BCUT2D eigenvalue weighted by atomic mass is 10.0. The maximum absolute atomic E-state index is 9.64. The Morgan fingerprint density at radius 2 is 1.35 bits per heavy atom. The second-order valence-corrected chi connectivity index (χ2v) is 5.27. The molecular weight excluding hydrogens is 262 g/mol. The molecular formula is C14H31NO5. The summed E-state index contributed by atoms with van der Waals surface area (Å²) in [5.41, 5.74) is 0. The van der Waals surface area contributed by atoms with Crippen LogP contribution in [0.1, 0.15) is 45.4 Å². The van der Waals surface area contributed by atoms with E-state index in [1.807, 2.05) is 0 Å². The normalized spacial score (nSPS) is 17.7. The zero-order valence-corrected chi connectivity index (χ0v) is 12.4. The van der Waals surface area contributed by atoms with Gasteiger partial charge in [0.15, 0.2) is 0 Å². The molecule has 0 aromatic carbocycles. The molecule has 0 aliphatic rings. The first-order valence-electron chi connectivity index (χ1n) is 7.58. The summed E-state index contributed by atoms with van der Waals surface area (Å²) in [4.78, 5) is 0. The number of aliphatic hydroxyl groups is 5. The second kappa shape index (κ2) is 12.5. The first-order chi connectivity index (χ1) is 9.54. The summed E-state index contributed by atoms with van der Waals surface area (Å²) in [6.45, 7) is 2.41. The molecule has 0 spiro atoms. The Morgan fingerprint density at radius 3 is 1.95 bits per heavy atom. The summed E-state index contributed by atoms with van der Waals surface area (Å²) in [6.07, 6.45) is 1.45. The fraction of sp³-hybridized carbons (Fsp3) is 1.00. The quantitative estimate of drug-likeness (QED) is 0.252. The molecule has 6 heteroatoms. The zero-order valence-electron chi connectivity index (χ0n) is 12.4. The van der Waals surface area contributed by atoms with Gasteiger partial charge >= 0.3 is 0 Å². The van der Waals surface area contributed by atoms with Gasteiger partial charge in [-0.25, -0.2) is 0 Å². The molecule has 6 nitrogen and oxygen atoms in total. The Balaban J connectivity index is 3.59. The molecule has 0 aliphatic heterocycles. The zero-order chi connectivity index (χ0) is 15.4. The number of hydrogen-bond acceptors (Lipinski definition) is 6. The third-order valence-corrected chi connectivity index (χ3v) is 3.39. The van der Waals surface area contributed by atoms with Crippen LogP contribution >= 0.6 is 0 Å². The van der Waals surface area contributed by atoms with Crippen LogP contribution in [0.3, 0.4) is 0 Å². The van der Waals surface area contributed by atoms with E-state index in [2.05, 4.69) is 12.2 Å². The van der Waals surface area contributed by atoms with Gasteiger partial charge in [0.1, 0.15) is 18.3 Å². The van der Waals surface area contributed by atoms with E-state index in [4.69, 9.17) is 10.2 Å². The van der Waals surface area contributed by atoms with Crippen molar-refractivity contribution in [3.63, 3.8) is 0 Å². The Morgan fingerprint density at radius 1 is 0.800 bits per heavy atom. The Hall–Kier alpha value is -0.240. The highest BCUT2D eigenvalue weighted by Gasteiger charge is 2.29. The smallest absolute Gasteiger partial charge is 0.111 e. The molecule has 4 atom stereocenters. The van der Waals surface area contributed by atoms with Crippen LogP contribution in [0.25, 0.3) is 0 Å². The SMILES string of the molecule is CCCCCCCCNC[C@H](O)[C@@H](O)C(O)[C@H](O)CO. The molecule has 0 radical (unpaired) electrons. The predicted octanol–water partition coefficient (Wildman–Crippen LogP) is -0.628. The van der Waals surface area contributed by atoms with Crippen LogP contribution in [-0.4, -0.2) is 69.6 Å². The third-order valence-electron chi connectivity index (χ3n) is 3.39. The highest BCUT2D eigenvalue weighted by atomic mass is 16.4. The van der Waals surface area contributed by atoms with Crippen molar-refractivity contribution in [3.05, 3.63) is 0 Å². The molecule has 0 saturated carbocycles. The minimum absolute atomic E-state index is 0.144. The van der Waals surface area contributed by atoms with Crippen LogP contribution in [0.5, 0.6) is 0 Å². The molecule has 0 heterocycles. The summed E-state index contributed by atoms with van der Waals surface area (Å²) < 4.78 is 0. The number of nitrogens with one attached hydrogen (secondary N) is 1. The molecule has 0 aliphatic carbocycles. The van der Waals surface area contributed by atoms with Crippen molar-refractivity contribution in [3.8, 4) is 0 Å². The van der Waals surface area contributed by atoms with Gasteiger partial charge in [-0.3, -0.25) is 0 Å². The molecule has 0 saturated heterocycles. The fourth-order valence-electron chi connectivity index (χ4n) is 1.96. The molecule has 0 rings (SSSR count). The largest absolute Gasteiger partial charge is 0.394 e. The van der Waals surface area contributed by atoms with Gasteiger partial charge in [-0.1, -0.05) is 39.0 Å². The average molecular weight is 293 g/mol. The van der Waals surface area contributed by atoms with Gasteiger partial charge in [-0.05, 0) is 13.0 Å². The molecule has 1 unspecified atom stereocenters. The van der Waals surface area contributed by atoms with Gasteiger partial charge in [0.25, 0.3) is 0 Å². The molecule has 0 aromatic heterocycles. The van der Waals surface area contributed by atoms with E-state index >= 15 is 0 Å². The maximum Gasteiger partial charge on any atom is 0.111 e. The topological polar surface area (TPSA) is 113 Å². The fourth-order valence-corrected chi connectivity index (χ4v) is 1.96. The van der Waals surface area contributed by atoms with Crippen LogP contribution in [-0.2, 0) is 0 Å². The van der Waals surface area contributed by atoms with Crippen LogP contribution in [0.2, 0.25) is 0 Å². The lowest BCUT2D eigenvalue weighted by molar-refractivity contribution is -0.113. The van der Waals surface area contributed by atoms with Crippen molar-refractivity contribution in [1.29, 1.82) is 0 Å². The van der Waals surface area contributed by atoms with E-state index < -0.39 is 31.0 Å². The summed E-state index contributed by atoms with van der Waals surface area (Å²) in [6, 6.07) is 0. The van der Waals surface area contributed by atoms with Crippen molar-refractivity contribution in [2.75, 3.05) is 19.7 Å². The molecule has 6 N–H and O–H groups in total. The number of hydrogen-bond donors (Lipinski definition) is 6. The summed E-state index contributed by atoms with van der Waals surface area (Å²) in [7, 11) is 0. The first kappa shape index (κ1) is 19.8. The van der Waals surface area contributed by atoms with E-state index in [9.17, 15) is 15.3 Å². The predicted molar refractivity (Wildman–Crippen MR) is 77.4 cm³/mol. The van der Waals surface area contributed by atoms with Crippen LogP contribution in [0.4, 0.5) is 0 Å². The minimum atomic E-state index is -1.55. The molecule has 122 valence electrons. The van der Waals surface area contributed by atoms with E-state index in [1.165, 1.54) is 25.7 Å². The highest BCUT2D eigenvalue weighted by molar-refractivity contribution is 4.81. The van der Waals surface area contributed by atoms with Gasteiger partial charge in [0.2, 0.25) is 0 Å². The van der Waals surface area contributed by atoms with Crippen molar-refractivity contribution >= 4 is 0 Å². The minimum Gasteiger partial charge on any atom is -0.394 e. The maximum atomic E-state index is 9.64. The van der Waals surface area contributed by atoms with Crippen molar-refractivity contribution in [2.45, 2.75) is 69.9 Å². The van der Waals surface area contributed by atoms with Gasteiger partial charge in [0.05, 0.1) is 12.7 Å².